The largest absolute Gasteiger partial charge is 0.385 e. The van der Waals surface area contributed by atoms with Crippen LogP contribution in [0.5, 0.6) is 0 Å². The molecule has 8 nitrogen and oxygen atoms in total. The molecule has 0 bridgehead atoms. The molecular formula is C21H25N5O3. The molecule has 0 fully saturated rings. The van der Waals surface area contributed by atoms with E-state index in [1.54, 1.807) is 31.8 Å². The van der Waals surface area contributed by atoms with Crippen LogP contribution < -0.4 is 10.6 Å². The van der Waals surface area contributed by atoms with Crippen molar-refractivity contribution in [2.24, 2.45) is 0 Å². The maximum atomic E-state index is 12.5. The van der Waals surface area contributed by atoms with Gasteiger partial charge in [-0.15, -0.1) is 0 Å². The molecule has 0 aliphatic rings. The zero-order valence-corrected chi connectivity index (χ0v) is 16.6. The molecule has 2 aromatic heterocycles. The molecule has 0 aliphatic heterocycles. The van der Waals surface area contributed by atoms with Gasteiger partial charge in [0.1, 0.15) is 0 Å². The zero-order chi connectivity index (χ0) is 20.6. The Kier molecular flexibility index (Phi) is 6.91. The highest BCUT2D eigenvalue weighted by atomic mass is 16.5. The second-order valence-corrected chi connectivity index (χ2v) is 6.68. The zero-order valence-electron chi connectivity index (χ0n) is 16.6. The normalized spacial score (nSPS) is 10.8. The second kappa shape index (κ2) is 9.79. The fourth-order valence-corrected chi connectivity index (χ4v) is 3.10. The lowest BCUT2D eigenvalue weighted by Crippen LogP contribution is -2.25. The van der Waals surface area contributed by atoms with Gasteiger partial charge < -0.3 is 19.9 Å². The first-order valence-corrected chi connectivity index (χ1v) is 9.52. The molecule has 0 unspecified atom stereocenters. The SMILES string of the molecule is COCCCNC(=O)c1cc(NC(C)=O)c2c(c1)ncn2CCc1ccccn1. The second-order valence-electron chi connectivity index (χ2n) is 6.68. The van der Waals surface area contributed by atoms with Gasteiger partial charge in [-0.3, -0.25) is 14.6 Å². The van der Waals surface area contributed by atoms with Gasteiger partial charge in [-0.1, -0.05) is 6.07 Å². The van der Waals surface area contributed by atoms with E-state index in [2.05, 4.69) is 20.6 Å². The van der Waals surface area contributed by atoms with Crippen LogP contribution in [0, 0.1) is 0 Å². The molecule has 2 N–H and O–H groups in total. The highest BCUT2D eigenvalue weighted by molar-refractivity contribution is 6.04. The van der Waals surface area contributed by atoms with Crippen LogP contribution in [-0.2, 0) is 22.5 Å². The van der Waals surface area contributed by atoms with E-state index in [1.165, 1.54) is 6.92 Å². The van der Waals surface area contributed by atoms with Crippen molar-refractivity contribution in [2.45, 2.75) is 26.3 Å². The highest BCUT2D eigenvalue weighted by Crippen LogP contribution is 2.26. The van der Waals surface area contributed by atoms with E-state index in [-0.39, 0.29) is 11.8 Å². The first-order chi connectivity index (χ1) is 14.1. The van der Waals surface area contributed by atoms with Crippen molar-refractivity contribution in [2.75, 3.05) is 25.6 Å². The van der Waals surface area contributed by atoms with Crippen molar-refractivity contribution in [1.29, 1.82) is 0 Å². The summed E-state index contributed by atoms with van der Waals surface area (Å²) in [5, 5.41) is 5.69. The summed E-state index contributed by atoms with van der Waals surface area (Å²) in [6.45, 7) is 3.19. The summed E-state index contributed by atoms with van der Waals surface area (Å²) in [5.41, 5.74) is 3.43. The minimum absolute atomic E-state index is 0.207. The number of hydrogen-bond donors (Lipinski definition) is 2. The Morgan fingerprint density at radius 2 is 2.07 bits per heavy atom. The molecule has 0 saturated carbocycles. The predicted molar refractivity (Wildman–Crippen MR) is 111 cm³/mol. The lowest BCUT2D eigenvalue weighted by molar-refractivity contribution is -0.114. The fraction of sp³-hybridized carbons (Fsp3) is 0.333. The number of aryl methyl sites for hydroxylation is 2. The number of pyridine rings is 1. The molecular weight excluding hydrogens is 370 g/mol. The standard InChI is InChI=1S/C21H25N5O3/c1-15(27)25-19-13-16(21(28)23-9-5-11-29-2)12-18-20(19)26(14-24-18)10-7-17-6-3-4-8-22-17/h3-4,6,8,12-14H,5,7,9-11H2,1-2H3,(H,23,28)(H,25,27). The van der Waals surface area contributed by atoms with Gasteiger partial charge in [0.2, 0.25) is 5.91 Å². The highest BCUT2D eigenvalue weighted by Gasteiger charge is 2.15. The molecule has 0 aliphatic carbocycles. The van der Waals surface area contributed by atoms with Crippen LogP contribution in [0.25, 0.3) is 11.0 Å². The fourth-order valence-electron chi connectivity index (χ4n) is 3.10. The minimum atomic E-state index is -0.211. The maximum Gasteiger partial charge on any atom is 0.251 e. The average molecular weight is 395 g/mol. The summed E-state index contributed by atoms with van der Waals surface area (Å²) in [7, 11) is 1.62. The van der Waals surface area contributed by atoms with Crippen LogP contribution in [0.3, 0.4) is 0 Å². The number of ether oxygens (including phenoxy) is 1. The number of aromatic nitrogens is 3. The summed E-state index contributed by atoms with van der Waals surface area (Å²) < 4.78 is 6.96. The Hall–Kier alpha value is -3.26. The number of rotatable bonds is 9. The number of carbonyl (C=O) groups is 2. The third-order valence-corrected chi connectivity index (χ3v) is 4.43. The number of hydrogen-bond acceptors (Lipinski definition) is 5. The van der Waals surface area contributed by atoms with E-state index in [1.807, 2.05) is 22.8 Å². The summed E-state index contributed by atoms with van der Waals surface area (Å²) >= 11 is 0. The van der Waals surface area contributed by atoms with Gasteiger partial charge in [0.15, 0.2) is 0 Å². The van der Waals surface area contributed by atoms with Gasteiger partial charge >= 0.3 is 0 Å². The number of amides is 2. The van der Waals surface area contributed by atoms with E-state index in [0.717, 1.165) is 24.1 Å². The molecule has 2 heterocycles. The van der Waals surface area contributed by atoms with E-state index < -0.39 is 0 Å². The summed E-state index contributed by atoms with van der Waals surface area (Å²) in [6, 6.07) is 9.24. The summed E-state index contributed by atoms with van der Waals surface area (Å²) in [6.07, 6.45) is 4.94. The molecule has 0 radical (unpaired) electrons. The van der Waals surface area contributed by atoms with Gasteiger partial charge in [-0.25, -0.2) is 4.98 Å². The molecule has 0 spiro atoms. The van der Waals surface area contributed by atoms with Crippen LogP contribution in [0.4, 0.5) is 5.69 Å². The number of anilines is 1. The molecule has 1 aromatic carbocycles. The van der Waals surface area contributed by atoms with E-state index >= 15 is 0 Å². The van der Waals surface area contributed by atoms with Crippen LogP contribution in [-0.4, -0.2) is 46.6 Å². The molecule has 2 amide bonds. The Bertz CT molecular complexity index is 985. The predicted octanol–water partition coefficient (Wildman–Crippen LogP) is 2.40. The number of fused-ring (bicyclic) bond motifs is 1. The smallest absolute Gasteiger partial charge is 0.251 e. The molecule has 3 rings (SSSR count). The van der Waals surface area contributed by atoms with Crippen LogP contribution >= 0.6 is 0 Å². The molecule has 0 atom stereocenters. The Labute approximate surface area is 169 Å². The monoisotopic (exact) mass is 395 g/mol. The lowest BCUT2D eigenvalue weighted by Gasteiger charge is -2.12. The number of nitrogens with one attached hydrogen (secondary N) is 2. The van der Waals surface area contributed by atoms with Crippen molar-refractivity contribution >= 4 is 28.5 Å². The van der Waals surface area contributed by atoms with Crippen molar-refractivity contribution in [3.8, 4) is 0 Å². The number of benzene rings is 1. The average Bonchev–Trinajstić information content (AvgIpc) is 3.13. The van der Waals surface area contributed by atoms with Crippen molar-refractivity contribution in [3.63, 3.8) is 0 Å². The quantitative estimate of drug-likeness (QED) is 0.542. The first kappa shape index (κ1) is 20.5. The lowest BCUT2D eigenvalue weighted by atomic mass is 10.1. The number of nitrogens with zero attached hydrogens (tertiary/aromatic N) is 3. The van der Waals surface area contributed by atoms with Crippen molar-refractivity contribution in [3.05, 3.63) is 54.1 Å². The Balaban J connectivity index is 1.85. The summed E-state index contributed by atoms with van der Waals surface area (Å²) in [5.74, 6) is -0.418. The number of imidazole rings is 1. The molecule has 0 saturated heterocycles. The van der Waals surface area contributed by atoms with Gasteiger partial charge in [-0.05, 0) is 30.7 Å². The van der Waals surface area contributed by atoms with Crippen LogP contribution in [0.1, 0.15) is 29.4 Å². The summed E-state index contributed by atoms with van der Waals surface area (Å²) in [4.78, 5) is 33.0. The Morgan fingerprint density at radius 3 is 2.79 bits per heavy atom. The van der Waals surface area contributed by atoms with E-state index in [9.17, 15) is 9.59 Å². The van der Waals surface area contributed by atoms with Gasteiger partial charge in [0, 0.05) is 57.6 Å². The minimum Gasteiger partial charge on any atom is -0.385 e. The number of carbonyl (C=O) groups excluding carboxylic acids is 2. The van der Waals surface area contributed by atoms with E-state index in [0.29, 0.717) is 36.5 Å². The third-order valence-electron chi connectivity index (χ3n) is 4.43. The first-order valence-electron chi connectivity index (χ1n) is 9.52. The Morgan fingerprint density at radius 1 is 1.21 bits per heavy atom. The van der Waals surface area contributed by atoms with Gasteiger partial charge in [0.25, 0.3) is 5.91 Å². The third kappa shape index (κ3) is 5.39. The van der Waals surface area contributed by atoms with E-state index in [4.69, 9.17) is 4.74 Å². The van der Waals surface area contributed by atoms with Crippen LogP contribution in [0.15, 0.2) is 42.9 Å². The van der Waals surface area contributed by atoms with Crippen molar-refractivity contribution in [1.82, 2.24) is 19.9 Å². The molecule has 29 heavy (non-hydrogen) atoms. The molecule has 152 valence electrons. The maximum absolute atomic E-state index is 12.5. The topological polar surface area (TPSA) is 98.1 Å². The number of methoxy groups -OCH3 is 1. The van der Waals surface area contributed by atoms with Gasteiger partial charge in [-0.2, -0.15) is 0 Å². The molecule has 3 aromatic rings. The van der Waals surface area contributed by atoms with Crippen LogP contribution in [0.2, 0.25) is 0 Å². The molecule has 8 heteroatoms. The van der Waals surface area contributed by atoms with Gasteiger partial charge in [0.05, 0.1) is 23.0 Å². The van der Waals surface area contributed by atoms with Crippen molar-refractivity contribution < 1.29 is 14.3 Å².